The SMILES string of the molecule is CC(C)CCN(CCC(C)C)C(=O)N1CCCCCC1. The second-order valence-electron chi connectivity index (χ2n) is 7.04. The number of carbonyl (C=O) groups is 1. The van der Waals surface area contributed by atoms with Crippen LogP contribution in [0.4, 0.5) is 4.79 Å². The summed E-state index contributed by atoms with van der Waals surface area (Å²) < 4.78 is 0. The van der Waals surface area contributed by atoms with Crippen molar-refractivity contribution >= 4 is 6.03 Å². The number of amides is 2. The van der Waals surface area contributed by atoms with E-state index in [1.165, 1.54) is 25.7 Å². The number of hydrogen-bond donors (Lipinski definition) is 0. The van der Waals surface area contributed by atoms with Gasteiger partial charge in [-0.2, -0.15) is 0 Å². The van der Waals surface area contributed by atoms with Crippen LogP contribution in [-0.4, -0.2) is 42.0 Å². The molecule has 0 spiro atoms. The first kappa shape index (κ1) is 17.3. The maximum Gasteiger partial charge on any atom is 0.319 e. The zero-order valence-corrected chi connectivity index (χ0v) is 14.0. The Morgan fingerprint density at radius 3 is 1.75 bits per heavy atom. The molecule has 118 valence electrons. The summed E-state index contributed by atoms with van der Waals surface area (Å²) in [7, 11) is 0. The Bertz CT molecular complexity index is 256. The van der Waals surface area contributed by atoms with Crippen LogP contribution in [0.2, 0.25) is 0 Å². The van der Waals surface area contributed by atoms with Crippen LogP contribution in [0.25, 0.3) is 0 Å². The summed E-state index contributed by atoms with van der Waals surface area (Å²) in [4.78, 5) is 16.9. The van der Waals surface area contributed by atoms with Crippen molar-refractivity contribution in [3.05, 3.63) is 0 Å². The molecule has 20 heavy (non-hydrogen) atoms. The minimum absolute atomic E-state index is 0.285. The third kappa shape index (κ3) is 6.62. The lowest BCUT2D eigenvalue weighted by Crippen LogP contribution is -2.45. The highest BCUT2D eigenvalue weighted by Crippen LogP contribution is 2.14. The molecule has 0 N–H and O–H groups in total. The van der Waals surface area contributed by atoms with E-state index < -0.39 is 0 Å². The molecule has 0 aliphatic carbocycles. The Hall–Kier alpha value is -0.730. The fourth-order valence-corrected chi connectivity index (χ4v) is 2.59. The average molecular weight is 282 g/mol. The number of nitrogens with zero attached hydrogens (tertiary/aromatic N) is 2. The largest absolute Gasteiger partial charge is 0.325 e. The van der Waals surface area contributed by atoms with Crippen molar-refractivity contribution in [2.75, 3.05) is 26.2 Å². The zero-order valence-electron chi connectivity index (χ0n) is 14.0. The van der Waals surface area contributed by atoms with Crippen LogP contribution in [0.5, 0.6) is 0 Å². The Morgan fingerprint density at radius 2 is 1.35 bits per heavy atom. The Labute approximate surface area is 125 Å². The molecule has 3 heteroatoms. The van der Waals surface area contributed by atoms with Gasteiger partial charge >= 0.3 is 6.03 Å². The van der Waals surface area contributed by atoms with Crippen molar-refractivity contribution in [2.45, 2.75) is 66.2 Å². The second kappa shape index (κ2) is 9.25. The van der Waals surface area contributed by atoms with Crippen molar-refractivity contribution in [3.63, 3.8) is 0 Å². The van der Waals surface area contributed by atoms with Gasteiger partial charge in [-0.1, -0.05) is 40.5 Å². The van der Waals surface area contributed by atoms with Crippen LogP contribution in [0.15, 0.2) is 0 Å². The van der Waals surface area contributed by atoms with E-state index in [9.17, 15) is 4.79 Å². The molecule has 0 aromatic rings. The van der Waals surface area contributed by atoms with Crippen LogP contribution < -0.4 is 0 Å². The molecule has 1 heterocycles. The lowest BCUT2D eigenvalue weighted by molar-refractivity contribution is 0.149. The normalized spacial score (nSPS) is 16.6. The first-order valence-electron chi connectivity index (χ1n) is 8.54. The van der Waals surface area contributed by atoms with Gasteiger partial charge in [0.2, 0.25) is 0 Å². The van der Waals surface area contributed by atoms with E-state index in [-0.39, 0.29) is 6.03 Å². The quantitative estimate of drug-likeness (QED) is 0.709. The molecule has 0 aromatic carbocycles. The van der Waals surface area contributed by atoms with E-state index in [1.807, 2.05) is 0 Å². The van der Waals surface area contributed by atoms with Crippen molar-refractivity contribution in [3.8, 4) is 0 Å². The summed E-state index contributed by atoms with van der Waals surface area (Å²) in [5, 5.41) is 0. The number of hydrogen-bond acceptors (Lipinski definition) is 1. The molecule has 1 aliphatic rings. The number of rotatable bonds is 6. The molecule has 2 amide bonds. The van der Waals surface area contributed by atoms with Crippen LogP contribution in [0.3, 0.4) is 0 Å². The summed E-state index contributed by atoms with van der Waals surface area (Å²) in [6, 6.07) is 0.285. The van der Waals surface area contributed by atoms with Crippen molar-refractivity contribution in [1.29, 1.82) is 0 Å². The standard InChI is InChI=1S/C17H34N2O/c1-15(2)9-13-19(14-10-16(3)4)17(20)18-11-7-5-6-8-12-18/h15-16H,5-14H2,1-4H3. The van der Waals surface area contributed by atoms with Crippen LogP contribution in [-0.2, 0) is 0 Å². The van der Waals surface area contributed by atoms with Gasteiger partial charge in [0.25, 0.3) is 0 Å². The first-order chi connectivity index (χ1) is 9.50. The summed E-state index contributed by atoms with van der Waals surface area (Å²) >= 11 is 0. The molecule has 0 unspecified atom stereocenters. The van der Waals surface area contributed by atoms with E-state index in [1.54, 1.807) is 0 Å². The lowest BCUT2D eigenvalue weighted by Gasteiger charge is -2.31. The molecular formula is C17H34N2O. The molecule has 0 radical (unpaired) electrons. The monoisotopic (exact) mass is 282 g/mol. The molecular weight excluding hydrogens is 248 g/mol. The lowest BCUT2D eigenvalue weighted by atomic mass is 10.1. The van der Waals surface area contributed by atoms with Gasteiger partial charge in [0.1, 0.15) is 0 Å². The zero-order chi connectivity index (χ0) is 15.0. The minimum atomic E-state index is 0.285. The van der Waals surface area contributed by atoms with Gasteiger partial charge in [0.05, 0.1) is 0 Å². The first-order valence-corrected chi connectivity index (χ1v) is 8.54. The molecule has 1 rings (SSSR count). The number of likely N-dealkylation sites (tertiary alicyclic amines) is 1. The average Bonchev–Trinajstić information content (AvgIpc) is 2.66. The predicted molar refractivity (Wildman–Crippen MR) is 85.9 cm³/mol. The van der Waals surface area contributed by atoms with E-state index >= 15 is 0 Å². The number of carbonyl (C=O) groups excluding carboxylic acids is 1. The fraction of sp³-hybridized carbons (Fsp3) is 0.941. The Kier molecular flexibility index (Phi) is 8.01. The molecule has 0 bridgehead atoms. The van der Waals surface area contributed by atoms with E-state index in [4.69, 9.17) is 0 Å². The highest BCUT2D eigenvalue weighted by atomic mass is 16.2. The summed E-state index contributed by atoms with van der Waals surface area (Å²) in [6.45, 7) is 12.7. The number of urea groups is 1. The van der Waals surface area contributed by atoms with Gasteiger partial charge in [-0.15, -0.1) is 0 Å². The van der Waals surface area contributed by atoms with Gasteiger partial charge in [-0.25, -0.2) is 4.79 Å². The van der Waals surface area contributed by atoms with Crippen LogP contribution in [0.1, 0.15) is 66.2 Å². The molecule has 1 aliphatic heterocycles. The summed E-state index contributed by atoms with van der Waals surface area (Å²) in [5.41, 5.74) is 0. The van der Waals surface area contributed by atoms with E-state index in [2.05, 4.69) is 37.5 Å². The molecule has 3 nitrogen and oxygen atoms in total. The Morgan fingerprint density at radius 1 is 0.900 bits per heavy atom. The molecule has 1 saturated heterocycles. The van der Waals surface area contributed by atoms with Crippen molar-refractivity contribution < 1.29 is 4.79 Å². The highest BCUT2D eigenvalue weighted by molar-refractivity contribution is 5.74. The highest BCUT2D eigenvalue weighted by Gasteiger charge is 2.21. The second-order valence-corrected chi connectivity index (χ2v) is 7.04. The molecule has 0 saturated carbocycles. The van der Waals surface area contributed by atoms with Gasteiger partial charge in [-0.05, 0) is 37.5 Å². The van der Waals surface area contributed by atoms with Gasteiger partial charge in [0.15, 0.2) is 0 Å². The fourth-order valence-electron chi connectivity index (χ4n) is 2.59. The van der Waals surface area contributed by atoms with Gasteiger partial charge in [0, 0.05) is 26.2 Å². The van der Waals surface area contributed by atoms with Gasteiger partial charge in [-0.3, -0.25) is 0 Å². The maximum atomic E-state index is 12.7. The topological polar surface area (TPSA) is 23.6 Å². The summed E-state index contributed by atoms with van der Waals surface area (Å²) in [5.74, 6) is 1.32. The van der Waals surface area contributed by atoms with E-state index in [0.717, 1.165) is 39.0 Å². The smallest absolute Gasteiger partial charge is 0.319 e. The van der Waals surface area contributed by atoms with Crippen molar-refractivity contribution in [2.24, 2.45) is 11.8 Å². The van der Waals surface area contributed by atoms with E-state index in [0.29, 0.717) is 11.8 Å². The molecule has 1 fully saturated rings. The Balaban J connectivity index is 2.55. The summed E-state index contributed by atoms with van der Waals surface area (Å²) in [6.07, 6.45) is 7.13. The van der Waals surface area contributed by atoms with Crippen LogP contribution >= 0.6 is 0 Å². The predicted octanol–water partition coefficient (Wildman–Crippen LogP) is 4.38. The van der Waals surface area contributed by atoms with Crippen LogP contribution in [0, 0.1) is 11.8 Å². The maximum absolute atomic E-state index is 12.7. The molecule has 0 aromatic heterocycles. The minimum Gasteiger partial charge on any atom is -0.325 e. The third-order valence-corrected chi connectivity index (χ3v) is 4.10. The third-order valence-electron chi connectivity index (χ3n) is 4.10. The molecule has 0 atom stereocenters. The van der Waals surface area contributed by atoms with Gasteiger partial charge < -0.3 is 9.80 Å². The van der Waals surface area contributed by atoms with Crippen molar-refractivity contribution in [1.82, 2.24) is 9.80 Å².